The second-order valence-corrected chi connectivity index (χ2v) is 28.4. The van der Waals surface area contributed by atoms with Crippen LogP contribution in [0.25, 0.3) is 0 Å². The number of aliphatic carboxylic acids is 1. The van der Waals surface area contributed by atoms with Crippen molar-refractivity contribution < 1.29 is 126 Å². The number of hydrogen-bond donors (Lipinski definition) is 10. The minimum Gasteiger partial charge on any atom is -0.481 e. The molecular weight excluding hydrogens is 1470 g/mol. The summed E-state index contributed by atoms with van der Waals surface area (Å²) in [6.07, 6.45) is -1.49. The van der Waals surface area contributed by atoms with Crippen molar-refractivity contribution in [3.63, 3.8) is 0 Å². The summed E-state index contributed by atoms with van der Waals surface area (Å²) in [6, 6.07) is 5.19. The van der Waals surface area contributed by atoms with Crippen LogP contribution in [0, 0.1) is 23.7 Å². The summed E-state index contributed by atoms with van der Waals surface area (Å²) in [5.74, 6) is -4.67. The summed E-state index contributed by atoms with van der Waals surface area (Å²) in [5.41, 5.74) is 0.807. The molecule has 0 bridgehead atoms. The Hall–Kier alpha value is -7.00. The van der Waals surface area contributed by atoms with Crippen LogP contribution in [0.2, 0.25) is 0 Å². The third-order valence-electron chi connectivity index (χ3n) is 19.4. The van der Waals surface area contributed by atoms with Gasteiger partial charge in [-0.05, 0) is 88.8 Å². The van der Waals surface area contributed by atoms with Crippen molar-refractivity contribution in [3.8, 4) is 0 Å². The van der Waals surface area contributed by atoms with E-state index < -0.39 is 115 Å². The third kappa shape index (κ3) is 37.5. The van der Waals surface area contributed by atoms with Gasteiger partial charge in [-0.1, -0.05) is 106 Å². The zero-order valence-corrected chi connectivity index (χ0v) is 69.6. The Bertz CT molecular complexity index is 2820. The summed E-state index contributed by atoms with van der Waals surface area (Å²) in [7, 11) is 12.6. The molecule has 0 aliphatic carbocycles. The molecule has 2 aliphatic rings. The maximum Gasteiger partial charge on any atom is 0.407 e. The number of aliphatic hydroxyl groups excluding tert-OH is 4. The number of carboxylic acids is 1. The normalized spacial score (nSPS) is 17.9. The topological polar surface area (TPSA) is 446 Å². The van der Waals surface area contributed by atoms with E-state index >= 15 is 0 Å². The number of ether oxygens (including phenoxy) is 11. The fourth-order valence-corrected chi connectivity index (χ4v) is 12.8. The van der Waals surface area contributed by atoms with E-state index in [-0.39, 0.29) is 152 Å². The minimum absolute atomic E-state index is 0.00483. The lowest BCUT2D eigenvalue weighted by Crippen LogP contribution is -2.59. The highest BCUT2D eigenvalue weighted by Crippen LogP contribution is 2.30. The van der Waals surface area contributed by atoms with Gasteiger partial charge >= 0.3 is 24.1 Å². The Morgan fingerprint density at radius 1 is 0.562 bits per heavy atom. The number of carbonyl (C=O) groups is 10. The Kier molecular flexibility index (Phi) is 53.3. The molecule has 10 N–H and O–H groups in total. The fourth-order valence-electron chi connectivity index (χ4n) is 12.8. The Balaban J connectivity index is 0.00000173. The molecule has 6 unspecified atom stereocenters. The highest BCUT2D eigenvalue weighted by atomic mass is 16.7. The molecule has 0 saturated carbocycles. The van der Waals surface area contributed by atoms with Crippen molar-refractivity contribution in [2.24, 2.45) is 23.7 Å². The van der Waals surface area contributed by atoms with Crippen molar-refractivity contribution >= 4 is 59.6 Å². The maximum absolute atomic E-state index is 14.5. The van der Waals surface area contributed by atoms with Crippen molar-refractivity contribution in [3.05, 3.63) is 35.9 Å². The van der Waals surface area contributed by atoms with Gasteiger partial charge in [-0.15, -0.1) is 0 Å². The van der Waals surface area contributed by atoms with Crippen molar-refractivity contribution in [1.29, 1.82) is 0 Å². The molecule has 0 radical (unpaired) electrons. The van der Waals surface area contributed by atoms with Gasteiger partial charge in [-0.3, -0.25) is 38.5 Å². The van der Waals surface area contributed by atoms with Crippen LogP contribution in [0.3, 0.4) is 0 Å². The van der Waals surface area contributed by atoms with E-state index in [9.17, 15) is 53.1 Å². The Morgan fingerprint density at radius 2 is 1.09 bits per heavy atom. The number of methoxy groups -OCH3 is 5. The number of benzene rings is 1. The van der Waals surface area contributed by atoms with Gasteiger partial charge < -0.3 is 119 Å². The molecule has 2 heterocycles. The number of carboxylic acid groups (broad SMARTS) is 1. The maximum atomic E-state index is 14.5. The van der Waals surface area contributed by atoms with E-state index in [2.05, 4.69) is 26.6 Å². The monoisotopic (exact) mass is 1600 g/mol. The second kappa shape index (κ2) is 57.9. The van der Waals surface area contributed by atoms with Gasteiger partial charge in [0.25, 0.3) is 0 Å². The molecule has 2 aliphatic heterocycles. The molecule has 35 nitrogen and oxygen atoms in total. The number of hydrogen-bond acceptors (Lipinski definition) is 26. The smallest absolute Gasteiger partial charge is 0.407 e. The van der Waals surface area contributed by atoms with E-state index in [4.69, 9.17) is 72.5 Å². The van der Waals surface area contributed by atoms with E-state index in [0.29, 0.717) is 64.5 Å². The summed E-state index contributed by atoms with van der Waals surface area (Å²) in [4.78, 5) is 137. The largest absolute Gasteiger partial charge is 0.481 e. The van der Waals surface area contributed by atoms with Gasteiger partial charge in [0.05, 0.1) is 100 Å². The predicted molar refractivity (Wildman–Crippen MR) is 412 cm³/mol. The van der Waals surface area contributed by atoms with Gasteiger partial charge in [0.1, 0.15) is 31.3 Å². The van der Waals surface area contributed by atoms with E-state index in [0.717, 1.165) is 5.56 Å². The molecule has 2 fully saturated rings. The second-order valence-electron chi connectivity index (χ2n) is 28.4. The molecule has 646 valence electrons. The number of aliphatic hydroxyl groups is 4. The Morgan fingerprint density at radius 3 is 1.55 bits per heavy atom. The quantitative estimate of drug-likeness (QED) is 0.0194. The molecule has 35 heteroatoms. The van der Waals surface area contributed by atoms with E-state index in [1.54, 1.807) is 23.8 Å². The fraction of sp³-hybridized carbons (Fsp3) is 0.792. The molecule has 1 aromatic carbocycles. The van der Waals surface area contributed by atoms with Crippen LogP contribution in [-0.2, 0) is 96.9 Å². The van der Waals surface area contributed by atoms with Crippen LogP contribution in [0.4, 0.5) is 9.59 Å². The molecule has 16 atom stereocenters. The molecule has 1 aromatic rings. The SMILES string of the molecule is CCC(CO)OC(CO)OC.CCC(CO)OC(COC(=O)NCCC(=O)N1CCC[C@H]1C(=O)OCCCNC(=O)[C@H](Cc1ccccc1)NC(=O)[C@H](C)[C@@H](OC)[C@@H]1CCCN1C(=O)C[C@@H](OC)[C@H]([C@@H](C)CC)N(C)C(=O)[C@@H](NC(=O)[C@H](C(C)C)N(C)C)C(C)C)OC.CCC(CO)OC(COC(=O)NCCC(=O)O)OC. The van der Waals surface area contributed by atoms with Crippen LogP contribution in [-0.4, -0.2) is 326 Å². The first-order valence-electron chi connectivity index (χ1n) is 39.0. The number of carbonyl (C=O) groups excluding carboxylic acids is 9. The number of nitrogens with one attached hydrogen (secondary N) is 5. The summed E-state index contributed by atoms with van der Waals surface area (Å²) in [5, 5.41) is 57.7. The first-order valence-corrected chi connectivity index (χ1v) is 39.0. The van der Waals surface area contributed by atoms with Crippen LogP contribution < -0.4 is 26.6 Å². The highest BCUT2D eigenvalue weighted by Gasteiger charge is 2.44. The molecule has 2 saturated heterocycles. The average Bonchev–Trinajstić information content (AvgIpc) is 1.49. The number of rotatable bonds is 52. The molecule has 3 rings (SSSR count). The number of likely N-dealkylation sites (tertiary alicyclic amines) is 2. The van der Waals surface area contributed by atoms with Crippen molar-refractivity contribution in [2.45, 2.75) is 238 Å². The number of amides is 8. The van der Waals surface area contributed by atoms with Gasteiger partial charge in [0, 0.05) is 88.2 Å². The van der Waals surface area contributed by atoms with Crippen molar-refractivity contribution in [1.82, 2.24) is 46.2 Å². The zero-order chi connectivity index (χ0) is 84.6. The van der Waals surface area contributed by atoms with Gasteiger partial charge in [-0.25, -0.2) is 14.4 Å². The first kappa shape index (κ1) is 103. The minimum atomic E-state index is -1.01. The van der Waals surface area contributed by atoms with Gasteiger partial charge in [-0.2, -0.15) is 0 Å². The van der Waals surface area contributed by atoms with E-state index in [1.165, 1.54) is 40.4 Å². The van der Waals surface area contributed by atoms with Crippen LogP contribution >= 0.6 is 0 Å². The molecule has 8 amide bonds. The van der Waals surface area contributed by atoms with Crippen molar-refractivity contribution in [2.75, 3.05) is 136 Å². The van der Waals surface area contributed by atoms with Crippen LogP contribution in [0.15, 0.2) is 30.3 Å². The number of likely N-dealkylation sites (N-methyl/N-ethyl adjacent to an activating group) is 2. The highest BCUT2D eigenvalue weighted by molar-refractivity contribution is 5.91. The lowest BCUT2D eigenvalue weighted by atomic mass is 9.89. The van der Waals surface area contributed by atoms with E-state index in [1.807, 2.05) is 112 Å². The number of esters is 1. The summed E-state index contributed by atoms with van der Waals surface area (Å²) >= 11 is 0. The molecule has 112 heavy (non-hydrogen) atoms. The number of nitrogens with zero attached hydrogens (tertiary/aromatic N) is 4. The van der Waals surface area contributed by atoms with Crippen LogP contribution in [0.1, 0.15) is 152 Å². The zero-order valence-electron chi connectivity index (χ0n) is 69.6. The standard InChI is InChI=1S/C59H100N8O15.C11H21NO7.C7H16O4/c1-15-39(7)52(65(11)57(74)50(37(3)4)63-56(73)51(38(5)6)64(9)10)46(77-12)34-48(70)66-30-20-25-44(66)53(79-14)40(8)54(71)62-43(33-41-23-18-17-19-24-41)55(72)60-28-22-32-80-58(75)45-26-21-31-67(45)47(69)27-29-61-59(76)81-36-49(78-13)82-42(16-2)35-68;1-3-8(6-13)19-10(17-2)7-18-11(16)12-5-4-9(14)15;1-3-6(4-8)11-7(5-9)10-2/h17-19,23-24,37-40,42-46,49-53,68H,15-16,20-22,25-36H2,1-14H3,(H,60,72)(H,61,76)(H,62,71)(H,63,73);8,10,13H,3-7H2,1-2H3,(H,12,16)(H,14,15);6-9H,3-5H2,1-2H3/t39-,40+,42?,43-,44-,45-,46+,49?,50-,51-,52-,53+;;/m0../s1. The lowest BCUT2D eigenvalue weighted by molar-refractivity contribution is -0.181. The predicted octanol–water partition coefficient (Wildman–Crippen LogP) is 2.96. The van der Waals surface area contributed by atoms with Crippen LogP contribution in [0.5, 0.6) is 0 Å². The third-order valence-corrected chi connectivity index (χ3v) is 19.4. The molecule has 0 spiro atoms. The summed E-state index contributed by atoms with van der Waals surface area (Å²) in [6.45, 7) is 18.8. The lowest BCUT2D eigenvalue weighted by Gasteiger charge is -2.41. The molecule has 0 aromatic heterocycles. The summed E-state index contributed by atoms with van der Waals surface area (Å²) < 4.78 is 58.4. The number of alkyl carbamates (subject to hydrolysis) is 2. The first-order chi connectivity index (χ1) is 53.3. The average molecular weight is 1600 g/mol. The van der Waals surface area contributed by atoms with Gasteiger partial charge in [0.15, 0.2) is 18.9 Å². The molecular formula is C77H137N9O26. The van der Waals surface area contributed by atoms with Gasteiger partial charge in [0.2, 0.25) is 35.4 Å². The Labute approximate surface area is 662 Å².